The Balaban J connectivity index is 2.09. The van der Waals surface area contributed by atoms with Gasteiger partial charge in [0.25, 0.3) is 0 Å². The number of para-hydroxylation sites is 1. The van der Waals surface area contributed by atoms with Gasteiger partial charge in [-0.3, -0.25) is 4.79 Å². The quantitative estimate of drug-likeness (QED) is 0.862. The van der Waals surface area contributed by atoms with E-state index in [1.54, 1.807) is 6.07 Å². The van der Waals surface area contributed by atoms with Crippen molar-refractivity contribution >= 4 is 22.6 Å². The van der Waals surface area contributed by atoms with Gasteiger partial charge in [-0.05, 0) is 25.0 Å². The van der Waals surface area contributed by atoms with Gasteiger partial charge in [0, 0.05) is 18.5 Å². The standard InChI is InChI=1S/C15H17N3O2/c16-15(20)12-8-14(18-7-3-4-10(19)9-18)17-13-6-2-1-5-11(12)13/h1-2,5-6,8,10,19H,3-4,7,9H2,(H2,16,20)/t10-/m1/s1. The van der Waals surface area contributed by atoms with Crippen molar-refractivity contribution in [3.8, 4) is 0 Å². The lowest BCUT2D eigenvalue weighted by atomic mass is 10.1. The molecule has 2 heterocycles. The predicted molar refractivity (Wildman–Crippen MR) is 77.7 cm³/mol. The number of aromatic nitrogens is 1. The van der Waals surface area contributed by atoms with E-state index < -0.39 is 5.91 Å². The van der Waals surface area contributed by atoms with E-state index in [1.165, 1.54) is 0 Å². The summed E-state index contributed by atoms with van der Waals surface area (Å²) < 4.78 is 0. The molecule has 104 valence electrons. The third-order valence-electron chi connectivity index (χ3n) is 3.69. The fourth-order valence-electron chi connectivity index (χ4n) is 2.69. The van der Waals surface area contributed by atoms with Gasteiger partial charge >= 0.3 is 0 Å². The summed E-state index contributed by atoms with van der Waals surface area (Å²) in [5.74, 6) is 0.249. The van der Waals surface area contributed by atoms with E-state index in [1.807, 2.05) is 29.2 Å². The minimum Gasteiger partial charge on any atom is -0.391 e. The smallest absolute Gasteiger partial charge is 0.249 e. The number of aliphatic hydroxyl groups excluding tert-OH is 1. The number of nitrogens with two attached hydrogens (primary N) is 1. The highest BCUT2D eigenvalue weighted by Crippen LogP contribution is 2.25. The number of fused-ring (bicyclic) bond motifs is 1. The van der Waals surface area contributed by atoms with E-state index >= 15 is 0 Å². The zero-order valence-corrected chi connectivity index (χ0v) is 11.1. The molecule has 1 aliphatic rings. The van der Waals surface area contributed by atoms with Gasteiger partial charge in [-0.1, -0.05) is 18.2 Å². The van der Waals surface area contributed by atoms with Crippen molar-refractivity contribution in [2.45, 2.75) is 18.9 Å². The van der Waals surface area contributed by atoms with Crippen molar-refractivity contribution < 1.29 is 9.90 Å². The summed E-state index contributed by atoms with van der Waals surface area (Å²) in [5, 5.41) is 10.5. The van der Waals surface area contributed by atoms with Crippen LogP contribution < -0.4 is 10.6 Å². The molecule has 2 aromatic rings. The van der Waals surface area contributed by atoms with Gasteiger partial charge in [0.15, 0.2) is 0 Å². The molecule has 1 aromatic heterocycles. The minimum absolute atomic E-state index is 0.339. The van der Waals surface area contributed by atoms with Crippen molar-refractivity contribution in [3.05, 3.63) is 35.9 Å². The average molecular weight is 271 g/mol. The second-order valence-electron chi connectivity index (χ2n) is 5.15. The summed E-state index contributed by atoms with van der Waals surface area (Å²) in [5.41, 5.74) is 6.70. The molecule has 5 heteroatoms. The number of benzene rings is 1. The molecule has 1 amide bonds. The highest BCUT2D eigenvalue weighted by Gasteiger charge is 2.20. The van der Waals surface area contributed by atoms with Crippen LogP contribution in [0.5, 0.6) is 0 Å². The van der Waals surface area contributed by atoms with Crippen molar-refractivity contribution in [3.63, 3.8) is 0 Å². The number of anilines is 1. The van der Waals surface area contributed by atoms with Gasteiger partial charge in [-0.15, -0.1) is 0 Å². The van der Waals surface area contributed by atoms with Crippen molar-refractivity contribution in [2.75, 3.05) is 18.0 Å². The molecule has 1 atom stereocenters. The van der Waals surface area contributed by atoms with Gasteiger partial charge in [-0.2, -0.15) is 0 Å². The van der Waals surface area contributed by atoms with Crippen LogP contribution in [-0.2, 0) is 0 Å². The number of nitrogens with zero attached hydrogens (tertiary/aromatic N) is 2. The van der Waals surface area contributed by atoms with E-state index in [9.17, 15) is 9.90 Å². The summed E-state index contributed by atoms with van der Waals surface area (Å²) >= 11 is 0. The molecule has 3 N–H and O–H groups in total. The molecule has 20 heavy (non-hydrogen) atoms. The van der Waals surface area contributed by atoms with E-state index in [2.05, 4.69) is 4.98 Å². The lowest BCUT2D eigenvalue weighted by Gasteiger charge is -2.31. The molecule has 1 fully saturated rings. The van der Waals surface area contributed by atoms with Crippen molar-refractivity contribution in [1.29, 1.82) is 0 Å². The van der Waals surface area contributed by atoms with E-state index in [-0.39, 0.29) is 6.10 Å². The highest BCUT2D eigenvalue weighted by molar-refractivity contribution is 6.06. The summed E-state index contributed by atoms with van der Waals surface area (Å²) in [7, 11) is 0. The van der Waals surface area contributed by atoms with Crippen molar-refractivity contribution in [2.24, 2.45) is 5.73 Å². The summed E-state index contributed by atoms with van der Waals surface area (Å²) in [6, 6.07) is 9.18. The van der Waals surface area contributed by atoms with Gasteiger partial charge in [0.05, 0.1) is 17.2 Å². The third kappa shape index (κ3) is 2.32. The first-order chi connectivity index (χ1) is 9.65. The van der Waals surface area contributed by atoms with Gasteiger partial charge < -0.3 is 15.7 Å². The normalized spacial score (nSPS) is 19.2. The maximum absolute atomic E-state index is 11.6. The van der Waals surface area contributed by atoms with Crippen LogP contribution >= 0.6 is 0 Å². The monoisotopic (exact) mass is 271 g/mol. The molecule has 0 bridgehead atoms. The molecule has 3 rings (SSSR count). The molecular formula is C15H17N3O2. The number of rotatable bonds is 2. The maximum atomic E-state index is 11.6. The molecule has 5 nitrogen and oxygen atoms in total. The summed E-state index contributed by atoms with van der Waals surface area (Å²) in [4.78, 5) is 18.2. The average Bonchev–Trinajstić information content (AvgIpc) is 2.46. The van der Waals surface area contributed by atoms with E-state index in [4.69, 9.17) is 5.73 Å². The second-order valence-corrected chi connectivity index (χ2v) is 5.15. The first kappa shape index (κ1) is 12.9. The number of hydrogen-bond acceptors (Lipinski definition) is 4. The largest absolute Gasteiger partial charge is 0.391 e. The van der Waals surface area contributed by atoms with E-state index in [0.717, 1.165) is 30.3 Å². The van der Waals surface area contributed by atoms with Gasteiger partial charge in [0.1, 0.15) is 5.82 Å². The number of carbonyl (C=O) groups excluding carboxylic acids is 1. The third-order valence-corrected chi connectivity index (χ3v) is 3.69. The lowest BCUT2D eigenvalue weighted by Crippen LogP contribution is -2.38. The fourth-order valence-corrected chi connectivity index (χ4v) is 2.69. The Kier molecular flexibility index (Phi) is 3.28. The number of carbonyl (C=O) groups is 1. The number of piperidine rings is 1. The maximum Gasteiger partial charge on any atom is 0.249 e. The number of hydrogen-bond donors (Lipinski definition) is 2. The summed E-state index contributed by atoms with van der Waals surface area (Å²) in [6.07, 6.45) is 1.39. The summed E-state index contributed by atoms with van der Waals surface area (Å²) in [6.45, 7) is 1.38. The number of pyridine rings is 1. The molecule has 1 aromatic carbocycles. The van der Waals surface area contributed by atoms with Crippen LogP contribution in [-0.4, -0.2) is 35.2 Å². The van der Waals surface area contributed by atoms with Crippen LogP contribution in [0.1, 0.15) is 23.2 Å². The van der Waals surface area contributed by atoms with Crippen LogP contribution in [0.25, 0.3) is 10.9 Å². The molecule has 0 spiro atoms. The topological polar surface area (TPSA) is 79.5 Å². The van der Waals surface area contributed by atoms with Crippen LogP contribution in [0.4, 0.5) is 5.82 Å². The van der Waals surface area contributed by atoms with E-state index in [0.29, 0.717) is 17.9 Å². The Morgan fingerprint density at radius 1 is 1.40 bits per heavy atom. The zero-order valence-electron chi connectivity index (χ0n) is 11.1. The predicted octanol–water partition coefficient (Wildman–Crippen LogP) is 1.29. The highest BCUT2D eigenvalue weighted by atomic mass is 16.3. The van der Waals surface area contributed by atoms with Crippen LogP contribution in [0.2, 0.25) is 0 Å². The van der Waals surface area contributed by atoms with Crippen LogP contribution in [0.15, 0.2) is 30.3 Å². The first-order valence-electron chi connectivity index (χ1n) is 6.78. The number of β-amino-alcohol motifs (C(OH)–C–C–N with tert-alkyl or cyclic N) is 1. The first-order valence-corrected chi connectivity index (χ1v) is 6.78. The molecule has 0 saturated carbocycles. The fraction of sp³-hybridized carbons (Fsp3) is 0.333. The molecule has 0 unspecified atom stereocenters. The Morgan fingerprint density at radius 2 is 2.20 bits per heavy atom. The molecule has 0 radical (unpaired) electrons. The second kappa shape index (κ2) is 5.09. The SMILES string of the molecule is NC(=O)c1cc(N2CCC[C@@H](O)C2)nc2ccccc12. The zero-order chi connectivity index (χ0) is 14.1. The number of primary amides is 1. The van der Waals surface area contributed by atoms with Crippen LogP contribution in [0, 0.1) is 0 Å². The molecule has 0 aliphatic carbocycles. The number of amides is 1. The lowest BCUT2D eigenvalue weighted by molar-refractivity contribution is 0.100. The van der Waals surface area contributed by atoms with Gasteiger partial charge in [-0.25, -0.2) is 4.98 Å². The van der Waals surface area contributed by atoms with Gasteiger partial charge in [0.2, 0.25) is 5.91 Å². The Labute approximate surface area is 117 Å². The molecular weight excluding hydrogens is 254 g/mol. The number of aliphatic hydroxyl groups is 1. The Bertz CT molecular complexity index is 657. The molecule has 1 saturated heterocycles. The van der Waals surface area contributed by atoms with Crippen molar-refractivity contribution in [1.82, 2.24) is 4.98 Å². The van der Waals surface area contributed by atoms with Crippen LogP contribution in [0.3, 0.4) is 0 Å². The molecule has 1 aliphatic heterocycles. The Hall–Kier alpha value is -2.14. The minimum atomic E-state index is -0.456. The Morgan fingerprint density at radius 3 is 2.95 bits per heavy atom.